The van der Waals surface area contributed by atoms with Gasteiger partial charge in [-0.1, -0.05) is 12.1 Å². The van der Waals surface area contributed by atoms with Crippen molar-refractivity contribution >= 4 is 10.0 Å². The second-order valence-corrected chi connectivity index (χ2v) is 6.47. The molecule has 0 saturated carbocycles. The topological polar surface area (TPSA) is 46.6 Å². The van der Waals surface area contributed by atoms with Crippen molar-refractivity contribution in [2.24, 2.45) is 0 Å². The fraction of sp³-hybridized carbons (Fsp3) is 0.538. The van der Waals surface area contributed by atoms with Gasteiger partial charge < -0.3 is 4.74 Å². The Morgan fingerprint density at radius 3 is 2.56 bits per heavy atom. The molecule has 1 unspecified atom stereocenters. The zero-order valence-electron chi connectivity index (χ0n) is 10.8. The third kappa shape index (κ3) is 2.84. The smallest absolute Gasteiger partial charge is 0.211 e. The first-order valence-corrected chi connectivity index (χ1v) is 8.07. The highest BCUT2D eigenvalue weighted by atomic mass is 32.2. The first-order chi connectivity index (χ1) is 8.52. The van der Waals surface area contributed by atoms with Crippen LogP contribution in [0.15, 0.2) is 24.3 Å². The number of hydrogen-bond acceptors (Lipinski definition) is 3. The molecule has 1 saturated heterocycles. The van der Waals surface area contributed by atoms with Crippen molar-refractivity contribution in [2.45, 2.75) is 25.8 Å². The van der Waals surface area contributed by atoms with Crippen LogP contribution < -0.4 is 4.74 Å². The van der Waals surface area contributed by atoms with Gasteiger partial charge in [0.2, 0.25) is 10.0 Å². The van der Waals surface area contributed by atoms with Gasteiger partial charge in [-0.2, -0.15) is 4.31 Å². The summed E-state index contributed by atoms with van der Waals surface area (Å²) in [5.41, 5.74) is 1.04. The highest BCUT2D eigenvalue weighted by Gasteiger charge is 2.32. The molecule has 0 spiro atoms. The maximum atomic E-state index is 11.7. The summed E-state index contributed by atoms with van der Waals surface area (Å²) in [5.74, 6) is 0.824. The summed E-state index contributed by atoms with van der Waals surface area (Å²) in [6, 6.07) is 7.70. The molecule has 1 heterocycles. The van der Waals surface area contributed by atoms with Crippen LogP contribution in [0.2, 0.25) is 0 Å². The average molecular weight is 269 g/mol. The van der Waals surface area contributed by atoms with Gasteiger partial charge in [0.15, 0.2) is 0 Å². The molecule has 1 aromatic carbocycles. The molecule has 18 heavy (non-hydrogen) atoms. The van der Waals surface area contributed by atoms with Crippen LogP contribution in [0.1, 0.15) is 31.4 Å². The molecule has 1 aliphatic heterocycles. The van der Waals surface area contributed by atoms with Gasteiger partial charge in [-0.25, -0.2) is 8.42 Å². The van der Waals surface area contributed by atoms with Crippen LogP contribution in [-0.2, 0) is 10.0 Å². The summed E-state index contributed by atoms with van der Waals surface area (Å²) in [6.45, 7) is 3.20. The summed E-state index contributed by atoms with van der Waals surface area (Å²) in [4.78, 5) is 0. The summed E-state index contributed by atoms with van der Waals surface area (Å²) >= 11 is 0. The first kappa shape index (κ1) is 13.4. The van der Waals surface area contributed by atoms with Gasteiger partial charge >= 0.3 is 0 Å². The predicted molar refractivity (Wildman–Crippen MR) is 71.1 cm³/mol. The first-order valence-electron chi connectivity index (χ1n) is 6.22. The largest absolute Gasteiger partial charge is 0.494 e. The molecule has 0 N–H and O–H groups in total. The van der Waals surface area contributed by atoms with E-state index in [1.54, 1.807) is 4.31 Å². The van der Waals surface area contributed by atoms with Crippen molar-refractivity contribution in [3.05, 3.63) is 29.8 Å². The van der Waals surface area contributed by atoms with E-state index in [9.17, 15) is 8.42 Å². The van der Waals surface area contributed by atoms with E-state index in [1.807, 2.05) is 31.2 Å². The maximum absolute atomic E-state index is 11.7. The SMILES string of the molecule is CCOc1ccc(C2CCCN2S(C)(=O)=O)cc1. The Labute approximate surface area is 109 Å². The van der Waals surface area contributed by atoms with E-state index < -0.39 is 10.0 Å². The Morgan fingerprint density at radius 1 is 1.33 bits per heavy atom. The Balaban J connectivity index is 2.20. The molecule has 1 aliphatic rings. The molecule has 0 bridgehead atoms. The summed E-state index contributed by atoms with van der Waals surface area (Å²) in [7, 11) is -3.12. The fourth-order valence-corrected chi connectivity index (χ4v) is 3.57. The molecule has 1 fully saturated rings. The van der Waals surface area contributed by atoms with E-state index in [2.05, 4.69) is 0 Å². The Kier molecular flexibility index (Phi) is 3.92. The van der Waals surface area contributed by atoms with Gasteiger partial charge in [0, 0.05) is 12.6 Å². The number of rotatable bonds is 4. The second kappa shape index (κ2) is 5.28. The van der Waals surface area contributed by atoms with E-state index >= 15 is 0 Å². The lowest BCUT2D eigenvalue weighted by molar-refractivity contribution is 0.339. The van der Waals surface area contributed by atoms with E-state index in [0.29, 0.717) is 13.2 Å². The summed E-state index contributed by atoms with van der Waals surface area (Å²) in [6.07, 6.45) is 3.09. The standard InChI is InChI=1S/C13H19NO3S/c1-3-17-12-8-6-11(7-9-12)13-5-4-10-14(13)18(2,15)16/h6-9,13H,3-5,10H2,1-2H3. The van der Waals surface area contributed by atoms with E-state index in [-0.39, 0.29) is 6.04 Å². The predicted octanol–water partition coefficient (Wildman–Crippen LogP) is 2.18. The van der Waals surface area contributed by atoms with Gasteiger partial charge in [-0.15, -0.1) is 0 Å². The third-order valence-corrected chi connectivity index (χ3v) is 4.49. The maximum Gasteiger partial charge on any atom is 0.211 e. The lowest BCUT2D eigenvalue weighted by Gasteiger charge is -2.22. The van der Waals surface area contributed by atoms with Gasteiger partial charge in [0.1, 0.15) is 5.75 Å². The number of hydrogen-bond donors (Lipinski definition) is 0. The summed E-state index contributed by atoms with van der Waals surface area (Å²) in [5, 5.41) is 0. The Hall–Kier alpha value is -1.07. The van der Waals surface area contributed by atoms with Crippen LogP contribution in [-0.4, -0.2) is 32.1 Å². The van der Waals surface area contributed by atoms with E-state index in [1.165, 1.54) is 6.26 Å². The van der Waals surface area contributed by atoms with Crippen molar-refractivity contribution in [2.75, 3.05) is 19.4 Å². The van der Waals surface area contributed by atoms with Gasteiger partial charge in [-0.05, 0) is 37.5 Å². The third-order valence-electron chi connectivity index (χ3n) is 3.21. The van der Waals surface area contributed by atoms with Crippen molar-refractivity contribution in [1.82, 2.24) is 4.31 Å². The van der Waals surface area contributed by atoms with Crippen LogP contribution in [0.4, 0.5) is 0 Å². The monoisotopic (exact) mass is 269 g/mol. The number of benzene rings is 1. The Morgan fingerprint density at radius 2 is 2.00 bits per heavy atom. The minimum atomic E-state index is -3.12. The van der Waals surface area contributed by atoms with Crippen molar-refractivity contribution < 1.29 is 13.2 Å². The summed E-state index contributed by atoms with van der Waals surface area (Å²) < 4.78 is 30.3. The van der Waals surface area contributed by atoms with Gasteiger partial charge in [0.05, 0.1) is 12.9 Å². The van der Waals surface area contributed by atoms with E-state index in [0.717, 1.165) is 24.2 Å². The molecule has 0 aromatic heterocycles. The lowest BCUT2D eigenvalue weighted by atomic mass is 10.1. The minimum Gasteiger partial charge on any atom is -0.494 e. The molecule has 4 nitrogen and oxygen atoms in total. The van der Waals surface area contributed by atoms with Crippen LogP contribution in [0.3, 0.4) is 0 Å². The molecular weight excluding hydrogens is 250 g/mol. The normalized spacial score (nSPS) is 21.1. The fourth-order valence-electron chi connectivity index (χ4n) is 2.42. The highest BCUT2D eigenvalue weighted by molar-refractivity contribution is 7.88. The molecule has 0 radical (unpaired) electrons. The van der Waals surface area contributed by atoms with E-state index in [4.69, 9.17) is 4.74 Å². The number of sulfonamides is 1. The van der Waals surface area contributed by atoms with Crippen LogP contribution in [0, 0.1) is 0 Å². The van der Waals surface area contributed by atoms with Gasteiger partial charge in [0.25, 0.3) is 0 Å². The van der Waals surface area contributed by atoms with Crippen LogP contribution >= 0.6 is 0 Å². The zero-order valence-corrected chi connectivity index (χ0v) is 11.6. The van der Waals surface area contributed by atoms with Crippen molar-refractivity contribution in [3.63, 3.8) is 0 Å². The number of nitrogens with zero attached hydrogens (tertiary/aromatic N) is 1. The molecule has 5 heteroatoms. The average Bonchev–Trinajstić information content (AvgIpc) is 2.79. The lowest BCUT2D eigenvalue weighted by Crippen LogP contribution is -2.29. The molecule has 1 atom stereocenters. The quantitative estimate of drug-likeness (QED) is 0.841. The van der Waals surface area contributed by atoms with Gasteiger partial charge in [-0.3, -0.25) is 0 Å². The van der Waals surface area contributed by atoms with Crippen LogP contribution in [0.5, 0.6) is 5.75 Å². The van der Waals surface area contributed by atoms with Crippen LogP contribution in [0.25, 0.3) is 0 Å². The second-order valence-electron chi connectivity index (χ2n) is 4.53. The molecular formula is C13H19NO3S. The molecule has 1 aromatic rings. The number of ether oxygens (including phenoxy) is 1. The Bertz CT molecular complexity index is 495. The van der Waals surface area contributed by atoms with Crippen molar-refractivity contribution in [1.29, 1.82) is 0 Å². The molecule has 2 rings (SSSR count). The highest BCUT2D eigenvalue weighted by Crippen LogP contribution is 2.34. The molecule has 100 valence electrons. The molecule has 0 amide bonds. The van der Waals surface area contributed by atoms with Crippen molar-refractivity contribution in [3.8, 4) is 5.75 Å². The zero-order chi connectivity index (χ0) is 13.2. The molecule has 0 aliphatic carbocycles. The minimum absolute atomic E-state index is 0.0179.